The summed E-state index contributed by atoms with van der Waals surface area (Å²) in [4.78, 5) is 8.43. The molecule has 1 aromatic heterocycles. The molecule has 1 aromatic rings. The highest BCUT2D eigenvalue weighted by Gasteiger charge is 2.22. The van der Waals surface area contributed by atoms with Gasteiger partial charge in [0.2, 0.25) is 0 Å². The van der Waals surface area contributed by atoms with E-state index in [0.29, 0.717) is 6.10 Å². The van der Waals surface area contributed by atoms with E-state index in [9.17, 15) is 0 Å². The van der Waals surface area contributed by atoms with Crippen LogP contribution in [0.2, 0.25) is 0 Å². The summed E-state index contributed by atoms with van der Waals surface area (Å²) in [6.07, 6.45) is 2.69. The number of rotatable bonds is 5. The maximum absolute atomic E-state index is 5.68. The van der Waals surface area contributed by atoms with Crippen LogP contribution in [0.1, 0.15) is 30.3 Å². The summed E-state index contributed by atoms with van der Waals surface area (Å²) in [6.45, 7) is 8.04. The molecule has 2 heterocycles. The summed E-state index contributed by atoms with van der Waals surface area (Å²) in [5.41, 5.74) is 1.16. The van der Waals surface area contributed by atoms with Crippen LogP contribution in [-0.4, -0.2) is 37.8 Å². The Morgan fingerprint density at radius 2 is 2.17 bits per heavy atom. The number of piperidine rings is 1. The van der Waals surface area contributed by atoms with Crippen molar-refractivity contribution >= 4 is 16.5 Å². The van der Waals surface area contributed by atoms with Crippen LogP contribution in [0.5, 0.6) is 0 Å². The van der Waals surface area contributed by atoms with Gasteiger partial charge < -0.3 is 15.0 Å². The van der Waals surface area contributed by atoms with Crippen molar-refractivity contribution in [2.24, 2.45) is 0 Å². The van der Waals surface area contributed by atoms with Crippen LogP contribution < -0.4 is 10.2 Å². The molecule has 0 radical (unpaired) electrons. The fourth-order valence-corrected chi connectivity index (χ4v) is 3.45. The Morgan fingerprint density at radius 3 is 2.78 bits per heavy atom. The van der Waals surface area contributed by atoms with Crippen LogP contribution in [-0.2, 0) is 11.3 Å². The molecule has 0 unspecified atom stereocenters. The maximum Gasteiger partial charge on any atom is 0.185 e. The molecule has 1 saturated heterocycles. The van der Waals surface area contributed by atoms with E-state index in [0.717, 1.165) is 44.8 Å². The number of aryl methyl sites for hydroxylation is 1. The van der Waals surface area contributed by atoms with Crippen molar-refractivity contribution in [1.82, 2.24) is 10.3 Å². The number of nitrogens with zero attached hydrogens (tertiary/aromatic N) is 2. The zero-order chi connectivity index (χ0) is 13.0. The molecule has 0 spiro atoms. The van der Waals surface area contributed by atoms with E-state index in [1.54, 1.807) is 0 Å². The van der Waals surface area contributed by atoms with E-state index in [1.165, 1.54) is 10.0 Å². The van der Waals surface area contributed by atoms with Crippen LogP contribution in [0.3, 0.4) is 0 Å². The SMILES string of the molecule is CCOC1CCN(c2nc(C)c(CNC)s2)CC1. The van der Waals surface area contributed by atoms with Crippen molar-refractivity contribution < 1.29 is 4.74 Å². The van der Waals surface area contributed by atoms with Crippen LogP contribution in [0, 0.1) is 6.92 Å². The van der Waals surface area contributed by atoms with Crippen molar-refractivity contribution in [2.45, 2.75) is 39.3 Å². The number of aromatic nitrogens is 1. The Bertz CT molecular complexity index is 372. The van der Waals surface area contributed by atoms with Crippen molar-refractivity contribution in [1.29, 1.82) is 0 Å². The van der Waals surface area contributed by atoms with Gasteiger partial charge in [0.25, 0.3) is 0 Å². The van der Waals surface area contributed by atoms with E-state index in [4.69, 9.17) is 4.74 Å². The highest BCUT2D eigenvalue weighted by Crippen LogP contribution is 2.28. The smallest absolute Gasteiger partial charge is 0.185 e. The molecular formula is C13H23N3OS. The largest absolute Gasteiger partial charge is 0.378 e. The Labute approximate surface area is 113 Å². The predicted molar refractivity (Wildman–Crippen MR) is 76.5 cm³/mol. The lowest BCUT2D eigenvalue weighted by molar-refractivity contribution is 0.0459. The first-order chi connectivity index (χ1) is 8.74. The molecule has 1 N–H and O–H groups in total. The van der Waals surface area contributed by atoms with Gasteiger partial charge in [-0.25, -0.2) is 4.98 Å². The summed E-state index contributed by atoms with van der Waals surface area (Å²) in [5, 5.41) is 4.37. The fourth-order valence-electron chi connectivity index (χ4n) is 2.32. The summed E-state index contributed by atoms with van der Waals surface area (Å²) in [7, 11) is 1.98. The zero-order valence-corrected chi connectivity index (χ0v) is 12.3. The molecule has 18 heavy (non-hydrogen) atoms. The minimum absolute atomic E-state index is 0.448. The average molecular weight is 269 g/mol. The van der Waals surface area contributed by atoms with Gasteiger partial charge in [-0.2, -0.15) is 0 Å². The fraction of sp³-hybridized carbons (Fsp3) is 0.769. The standard InChI is InChI=1S/C13H23N3OS/c1-4-17-11-5-7-16(8-6-11)13-15-10(2)12(18-13)9-14-3/h11,14H,4-9H2,1-3H3. The number of nitrogens with one attached hydrogen (secondary N) is 1. The third-order valence-electron chi connectivity index (χ3n) is 3.33. The minimum Gasteiger partial charge on any atom is -0.378 e. The Morgan fingerprint density at radius 1 is 1.44 bits per heavy atom. The van der Waals surface area contributed by atoms with E-state index >= 15 is 0 Å². The van der Waals surface area contributed by atoms with Gasteiger partial charge in [0, 0.05) is 31.1 Å². The molecule has 0 saturated carbocycles. The molecule has 0 amide bonds. The van der Waals surface area contributed by atoms with E-state index in [1.807, 2.05) is 18.4 Å². The van der Waals surface area contributed by atoms with Crippen molar-refractivity contribution in [3.8, 4) is 0 Å². The minimum atomic E-state index is 0.448. The highest BCUT2D eigenvalue weighted by molar-refractivity contribution is 7.15. The lowest BCUT2D eigenvalue weighted by atomic mass is 10.1. The molecule has 1 fully saturated rings. The average Bonchev–Trinajstić information content (AvgIpc) is 2.73. The second kappa shape index (κ2) is 6.50. The summed E-state index contributed by atoms with van der Waals surface area (Å²) < 4.78 is 5.68. The number of thiazole rings is 1. The zero-order valence-electron chi connectivity index (χ0n) is 11.5. The maximum atomic E-state index is 5.68. The molecular weight excluding hydrogens is 246 g/mol. The van der Waals surface area contributed by atoms with E-state index in [2.05, 4.69) is 29.0 Å². The molecule has 5 heteroatoms. The Kier molecular flexibility index (Phi) is 4.97. The number of anilines is 1. The van der Waals surface area contributed by atoms with Crippen molar-refractivity contribution in [3.63, 3.8) is 0 Å². The summed E-state index contributed by atoms with van der Waals surface area (Å²) in [6, 6.07) is 0. The van der Waals surface area contributed by atoms with Gasteiger partial charge in [-0.3, -0.25) is 0 Å². The third-order valence-corrected chi connectivity index (χ3v) is 4.55. The second-order valence-electron chi connectivity index (χ2n) is 4.68. The number of ether oxygens (including phenoxy) is 1. The van der Waals surface area contributed by atoms with Gasteiger partial charge in [-0.05, 0) is 33.7 Å². The first kappa shape index (κ1) is 13.8. The predicted octanol–water partition coefficient (Wildman–Crippen LogP) is 2.18. The third kappa shape index (κ3) is 3.22. The van der Waals surface area contributed by atoms with E-state index < -0.39 is 0 Å². The molecule has 4 nitrogen and oxygen atoms in total. The lowest BCUT2D eigenvalue weighted by Gasteiger charge is -2.31. The van der Waals surface area contributed by atoms with Crippen LogP contribution in [0.15, 0.2) is 0 Å². The van der Waals surface area contributed by atoms with Crippen molar-refractivity contribution in [2.75, 3.05) is 31.6 Å². The van der Waals surface area contributed by atoms with Crippen LogP contribution >= 0.6 is 11.3 Å². The van der Waals surface area contributed by atoms with E-state index in [-0.39, 0.29) is 0 Å². The molecule has 1 aliphatic heterocycles. The number of hydrogen-bond acceptors (Lipinski definition) is 5. The monoisotopic (exact) mass is 269 g/mol. The van der Waals surface area contributed by atoms with Gasteiger partial charge in [0.1, 0.15) is 0 Å². The lowest BCUT2D eigenvalue weighted by Crippen LogP contribution is -2.37. The second-order valence-corrected chi connectivity index (χ2v) is 5.74. The Hall–Kier alpha value is -0.650. The molecule has 2 rings (SSSR count). The molecule has 102 valence electrons. The van der Waals surface area contributed by atoms with Crippen molar-refractivity contribution in [3.05, 3.63) is 10.6 Å². The molecule has 0 aliphatic carbocycles. The first-order valence-electron chi connectivity index (χ1n) is 6.72. The number of hydrogen-bond donors (Lipinski definition) is 1. The summed E-state index contributed by atoms with van der Waals surface area (Å²) in [5.74, 6) is 0. The molecule has 0 bridgehead atoms. The Balaban J connectivity index is 1.94. The normalized spacial score (nSPS) is 17.4. The molecule has 0 aromatic carbocycles. The van der Waals surface area contributed by atoms with Gasteiger partial charge in [0.15, 0.2) is 5.13 Å². The van der Waals surface area contributed by atoms with Crippen LogP contribution in [0.4, 0.5) is 5.13 Å². The topological polar surface area (TPSA) is 37.4 Å². The first-order valence-corrected chi connectivity index (χ1v) is 7.53. The summed E-state index contributed by atoms with van der Waals surface area (Å²) >= 11 is 1.82. The van der Waals surface area contributed by atoms with Gasteiger partial charge in [0.05, 0.1) is 11.8 Å². The van der Waals surface area contributed by atoms with Gasteiger partial charge in [-0.15, -0.1) is 11.3 Å². The molecule has 0 atom stereocenters. The quantitative estimate of drug-likeness (QED) is 0.889. The molecule has 1 aliphatic rings. The van der Waals surface area contributed by atoms with Crippen LogP contribution in [0.25, 0.3) is 0 Å². The highest BCUT2D eigenvalue weighted by atomic mass is 32.1. The van der Waals surface area contributed by atoms with Gasteiger partial charge in [-0.1, -0.05) is 0 Å². The van der Waals surface area contributed by atoms with Gasteiger partial charge >= 0.3 is 0 Å².